The number of morpholine rings is 1. The molecule has 0 bridgehead atoms. The molecule has 9 nitrogen and oxygen atoms in total. The van der Waals surface area contributed by atoms with Crippen molar-refractivity contribution in [2.45, 2.75) is 18.9 Å². The lowest BCUT2D eigenvalue weighted by Gasteiger charge is -2.32. The van der Waals surface area contributed by atoms with Gasteiger partial charge in [0.15, 0.2) is 0 Å². The van der Waals surface area contributed by atoms with Gasteiger partial charge in [-0.3, -0.25) is 4.68 Å². The van der Waals surface area contributed by atoms with Gasteiger partial charge >= 0.3 is 6.03 Å². The number of anilines is 2. The average molecular weight is 357 g/mol. The third kappa shape index (κ3) is 3.62. The Hall–Kier alpha value is -2.68. The molecule has 2 aliphatic rings. The fraction of sp³-hybridized carbons (Fsp3) is 0.529. The van der Waals surface area contributed by atoms with Gasteiger partial charge in [-0.15, -0.1) is 0 Å². The number of amides is 2. The minimum atomic E-state index is -0.243. The van der Waals surface area contributed by atoms with Gasteiger partial charge in [0, 0.05) is 39.1 Å². The number of aromatic nitrogens is 4. The Balaban J connectivity index is 1.43. The van der Waals surface area contributed by atoms with Gasteiger partial charge in [0.2, 0.25) is 5.95 Å². The minimum Gasteiger partial charge on any atom is -0.368 e. The third-order valence-electron chi connectivity index (χ3n) is 4.69. The van der Waals surface area contributed by atoms with Crippen LogP contribution < -0.4 is 10.2 Å². The normalized spacial score (nSPS) is 20.4. The Morgan fingerprint density at radius 3 is 2.92 bits per heavy atom. The molecular formula is C17H23N7O2. The highest BCUT2D eigenvalue weighted by molar-refractivity contribution is 5.89. The number of rotatable bonds is 3. The molecule has 1 atom stereocenters. The zero-order valence-electron chi connectivity index (χ0n) is 14.8. The standard InChI is InChI=1S/C17H23N7O2/c1-22-11-13(10-19-22)20-17(25)24-8-9-26-15(12-24)14-4-5-18-16(21-14)23-6-2-3-7-23/h4-5,10-11,15H,2-3,6-9,12H2,1H3,(H,20,25)/t15-/m0/s1. The topological polar surface area (TPSA) is 88.4 Å². The zero-order valence-corrected chi connectivity index (χ0v) is 14.8. The predicted molar refractivity (Wildman–Crippen MR) is 96.0 cm³/mol. The first-order valence-electron chi connectivity index (χ1n) is 8.93. The molecule has 2 saturated heterocycles. The van der Waals surface area contributed by atoms with Crippen LogP contribution in [0.4, 0.5) is 16.4 Å². The van der Waals surface area contributed by atoms with Gasteiger partial charge in [0.1, 0.15) is 6.10 Å². The van der Waals surface area contributed by atoms with E-state index in [4.69, 9.17) is 4.74 Å². The van der Waals surface area contributed by atoms with Gasteiger partial charge < -0.3 is 19.9 Å². The summed E-state index contributed by atoms with van der Waals surface area (Å²) in [4.78, 5) is 25.5. The van der Waals surface area contributed by atoms with Gasteiger partial charge in [0.25, 0.3) is 0 Å². The monoisotopic (exact) mass is 357 g/mol. The highest BCUT2D eigenvalue weighted by Gasteiger charge is 2.27. The number of ether oxygens (including phenoxy) is 1. The summed E-state index contributed by atoms with van der Waals surface area (Å²) in [5.41, 5.74) is 1.50. The molecule has 4 heterocycles. The van der Waals surface area contributed by atoms with E-state index in [1.807, 2.05) is 13.1 Å². The van der Waals surface area contributed by atoms with E-state index >= 15 is 0 Å². The number of hydrogen-bond acceptors (Lipinski definition) is 6. The molecule has 2 amide bonds. The lowest BCUT2D eigenvalue weighted by molar-refractivity contribution is -0.0157. The number of carbonyl (C=O) groups is 1. The Bertz CT molecular complexity index is 772. The number of nitrogens with zero attached hydrogens (tertiary/aromatic N) is 6. The van der Waals surface area contributed by atoms with Crippen LogP contribution in [0.3, 0.4) is 0 Å². The maximum atomic E-state index is 12.5. The highest BCUT2D eigenvalue weighted by Crippen LogP contribution is 2.23. The van der Waals surface area contributed by atoms with Crippen molar-refractivity contribution in [3.05, 3.63) is 30.4 Å². The summed E-state index contributed by atoms with van der Waals surface area (Å²) in [7, 11) is 1.81. The largest absolute Gasteiger partial charge is 0.368 e. The van der Waals surface area contributed by atoms with E-state index in [0.717, 1.165) is 24.7 Å². The molecule has 0 saturated carbocycles. The van der Waals surface area contributed by atoms with E-state index in [-0.39, 0.29) is 12.1 Å². The van der Waals surface area contributed by atoms with Crippen LogP contribution in [0.1, 0.15) is 24.6 Å². The number of carbonyl (C=O) groups excluding carboxylic acids is 1. The molecule has 2 aromatic heterocycles. The van der Waals surface area contributed by atoms with E-state index in [1.54, 1.807) is 28.2 Å². The lowest BCUT2D eigenvalue weighted by atomic mass is 10.2. The molecule has 2 aromatic rings. The molecule has 2 fully saturated rings. The first kappa shape index (κ1) is 16.8. The van der Waals surface area contributed by atoms with Crippen LogP contribution in [0, 0.1) is 0 Å². The van der Waals surface area contributed by atoms with Crippen molar-refractivity contribution in [3.63, 3.8) is 0 Å². The fourth-order valence-electron chi connectivity index (χ4n) is 3.31. The van der Waals surface area contributed by atoms with Crippen LogP contribution in [0.15, 0.2) is 24.7 Å². The van der Waals surface area contributed by atoms with Crippen LogP contribution in [-0.2, 0) is 11.8 Å². The van der Waals surface area contributed by atoms with Crippen molar-refractivity contribution in [1.29, 1.82) is 0 Å². The smallest absolute Gasteiger partial charge is 0.322 e. The Kier molecular flexibility index (Phi) is 4.70. The van der Waals surface area contributed by atoms with E-state index < -0.39 is 0 Å². The van der Waals surface area contributed by atoms with Gasteiger partial charge in [0.05, 0.1) is 30.7 Å². The molecule has 138 valence electrons. The second kappa shape index (κ2) is 7.28. The van der Waals surface area contributed by atoms with Gasteiger partial charge in [-0.1, -0.05) is 0 Å². The number of nitrogens with one attached hydrogen (secondary N) is 1. The van der Waals surface area contributed by atoms with Crippen LogP contribution in [0.2, 0.25) is 0 Å². The van der Waals surface area contributed by atoms with Crippen molar-refractivity contribution in [3.8, 4) is 0 Å². The molecule has 1 N–H and O–H groups in total. The van der Waals surface area contributed by atoms with E-state index in [2.05, 4.69) is 25.3 Å². The highest BCUT2D eigenvalue weighted by atomic mass is 16.5. The van der Waals surface area contributed by atoms with Crippen molar-refractivity contribution < 1.29 is 9.53 Å². The first-order chi connectivity index (χ1) is 12.7. The fourth-order valence-corrected chi connectivity index (χ4v) is 3.31. The van der Waals surface area contributed by atoms with E-state index in [9.17, 15) is 4.79 Å². The Labute approximate surface area is 152 Å². The molecule has 9 heteroatoms. The molecule has 0 spiro atoms. The summed E-state index contributed by atoms with van der Waals surface area (Å²) in [6.45, 7) is 3.48. The Morgan fingerprint density at radius 2 is 2.15 bits per heavy atom. The Morgan fingerprint density at radius 1 is 1.31 bits per heavy atom. The lowest BCUT2D eigenvalue weighted by Crippen LogP contribution is -2.44. The van der Waals surface area contributed by atoms with Gasteiger partial charge in [-0.05, 0) is 18.9 Å². The van der Waals surface area contributed by atoms with Gasteiger partial charge in [-0.2, -0.15) is 5.10 Å². The summed E-state index contributed by atoms with van der Waals surface area (Å²) >= 11 is 0. The van der Waals surface area contributed by atoms with Crippen LogP contribution in [-0.4, -0.2) is 63.5 Å². The van der Waals surface area contributed by atoms with Crippen LogP contribution >= 0.6 is 0 Å². The molecule has 0 unspecified atom stereocenters. The SMILES string of the molecule is Cn1cc(NC(=O)N2CCO[C@H](c3ccnc(N4CCCC4)n3)C2)cn1. The average Bonchev–Trinajstić information content (AvgIpc) is 3.34. The summed E-state index contributed by atoms with van der Waals surface area (Å²) < 4.78 is 7.52. The second-order valence-electron chi connectivity index (χ2n) is 6.61. The second-order valence-corrected chi connectivity index (χ2v) is 6.61. The maximum absolute atomic E-state index is 12.5. The third-order valence-corrected chi connectivity index (χ3v) is 4.69. The molecule has 26 heavy (non-hydrogen) atoms. The van der Waals surface area contributed by atoms with Gasteiger partial charge in [-0.25, -0.2) is 14.8 Å². The molecular weight excluding hydrogens is 334 g/mol. The van der Waals surface area contributed by atoms with Crippen molar-refractivity contribution >= 4 is 17.7 Å². The van der Waals surface area contributed by atoms with Crippen molar-refractivity contribution in [2.24, 2.45) is 7.05 Å². The maximum Gasteiger partial charge on any atom is 0.322 e. The predicted octanol–water partition coefficient (Wildman–Crippen LogP) is 1.42. The van der Waals surface area contributed by atoms with Crippen molar-refractivity contribution in [1.82, 2.24) is 24.6 Å². The quantitative estimate of drug-likeness (QED) is 0.894. The van der Waals surface area contributed by atoms with E-state index in [0.29, 0.717) is 25.4 Å². The number of urea groups is 1. The molecule has 4 rings (SSSR count). The summed E-state index contributed by atoms with van der Waals surface area (Å²) in [5.74, 6) is 0.750. The van der Waals surface area contributed by atoms with Crippen molar-refractivity contribution in [2.75, 3.05) is 43.0 Å². The summed E-state index contributed by atoms with van der Waals surface area (Å²) in [5, 5.41) is 6.93. The summed E-state index contributed by atoms with van der Waals surface area (Å²) in [6, 6.07) is 1.72. The molecule has 0 radical (unpaired) electrons. The first-order valence-corrected chi connectivity index (χ1v) is 8.93. The zero-order chi connectivity index (χ0) is 17.9. The molecule has 0 aromatic carbocycles. The summed E-state index contributed by atoms with van der Waals surface area (Å²) in [6.07, 6.45) is 7.28. The minimum absolute atomic E-state index is 0.153. The molecule has 0 aliphatic carbocycles. The van der Waals surface area contributed by atoms with Crippen LogP contribution in [0.5, 0.6) is 0 Å². The number of hydrogen-bond donors (Lipinski definition) is 1. The number of aryl methyl sites for hydroxylation is 1. The molecule has 2 aliphatic heterocycles. The van der Waals surface area contributed by atoms with Crippen LogP contribution in [0.25, 0.3) is 0 Å². The van der Waals surface area contributed by atoms with E-state index in [1.165, 1.54) is 12.8 Å².